The summed E-state index contributed by atoms with van der Waals surface area (Å²) >= 11 is 0. The number of carbonyl (C=O) groups is 1. The highest BCUT2D eigenvalue weighted by Gasteiger charge is 2.31. The maximum atomic E-state index is 12.6. The van der Waals surface area contributed by atoms with Crippen LogP contribution in [0, 0.1) is 11.3 Å². The first-order chi connectivity index (χ1) is 9.87. The predicted molar refractivity (Wildman–Crippen MR) is 87.0 cm³/mol. The van der Waals surface area contributed by atoms with Gasteiger partial charge in [0, 0.05) is 6.04 Å². The molecule has 1 aromatic carbocycles. The number of carbonyl (C=O) groups excluding carboxylic acids is 1. The van der Waals surface area contributed by atoms with E-state index in [0.717, 1.165) is 19.4 Å². The molecular weight excluding hydrogens is 260 g/mol. The van der Waals surface area contributed by atoms with Gasteiger partial charge in [-0.15, -0.1) is 0 Å². The smallest absolute Gasteiger partial charge is 0.225 e. The fourth-order valence-electron chi connectivity index (χ4n) is 3.05. The first kappa shape index (κ1) is 16.0. The summed E-state index contributed by atoms with van der Waals surface area (Å²) in [6.07, 6.45) is 1.88. The Hall–Kier alpha value is -1.35. The summed E-state index contributed by atoms with van der Waals surface area (Å²) in [6, 6.07) is 10.7. The third kappa shape index (κ3) is 4.57. The Morgan fingerprint density at radius 2 is 2.00 bits per heavy atom. The fourth-order valence-corrected chi connectivity index (χ4v) is 3.05. The minimum atomic E-state index is 0.0894. The molecule has 0 bridgehead atoms. The highest BCUT2D eigenvalue weighted by Crippen LogP contribution is 2.30. The summed E-state index contributed by atoms with van der Waals surface area (Å²) in [5, 5.41) is 6.63. The van der Waals surface area contributed by atoms with Gasteiger partial charge in [-0.2, -0.15) is 0 Å². The highest BCUT2D eigenvalue weighted by molar-refractivity contribution is 5.80. The second-order valence-electron chi connectivity index (χ2n) is 7.37. The van der Waals surface area contributed by atoms with Crippen LogP contribution in [0.5, 0.6) is 0 Å². The van der Waals surface area contributed by atoms with Crippen LogP contribution < -0.4 is 10.6 Å². The molecular formula is C18H28N2O. The minimum Gasteiger partial charge on any atom is -0.349 e. The molecule has 3 heteroatoms. The largest absolute Gasteiger partial charge is 0.349 e. The van der Waals surface area contributed by atoms with E-state index in [1.807, 2.05) is 18.2 Å². The molecule has 0 spiro atoms. The van der Waals surface area contributed by atoms with Crippen LogP contribution in [-0.4, -0.2) is 18.5 Å². The molecule has 0 aromatic heterocycles. The second kappa shape index (κ2) is 6.61. The Morgan fingerprint density at radius 1 is 1.33 bits per heavy atom. The van der Waals surface area contributed by atoms with Crippen molar-refractivity contribution in [3.8, 4) is 0 Å². The lowest BCUT2D eigenvalue weighted by Crippen LogP contribution is -2.39. The van der Waals surface area contributed by atoms with Gasteiger partial charge in [0.15, 0.2) is 0 Å². The standard InChI is InChI=1S/C18H28N2O/c1-13-15(10-11-19-13)17(21)20-16(12-18(2,3)4)14-8-6-5-7-9-14/h5-9,13,15-16,19H,10-12H2,1-4H3,(H,20,21). The van der Waals surface area contributed by atoms with Crippen LogP contribution in [0.3, 0.4) is 0 Å². The highest BCUT2D eigenvalue weighted by atomic mass is 16.2. The van der Waals surface area contributed by atoms with E-state index in [1.54, 1.807) is 0 Å². The zero-order chi connectivity index (χ0) is 15.5. The van der Waals surface area contributed by atoms with Crippen LogP contribution in [0.1, 0.15) is 52.1 Å². The maximum absolute atomic E-state index is 12.6. The van der Waals surface area contributed by atoms with Gasteiger partial charge in [-0.3, -0.25) is 4.79 Å². The summed E-state index contributed by atoms with van der Waals surface area (Å²) in [5.74, 6) is 0.279. The van der Waals surface area contributed by atoms with Gasteiger partial charge in [0.25, 0.3) is 0 Å². The Labute approximate surface area is 128 Å². The molecule has 116 valence electrons. The first-order valence-electron chi connectivity index (χ1n) is 7.95. The molecule has 0 saturated carbocycles. The minimum absolute atomic E-state index is 0.0894. The van der Waals surface area contributed by atoms with Gasteiger partial charge >= 0.3 is 0 Å². The molecule has 3 unspecified atom stereocenters. The molecule has 1 heterocycles. The Bertz CT molecular complexity index is 464. The van der Waals surface area contributed by atoms with E-state index in [-0.39, 0.29) is 29.3 Å². The van der Waals surface area contributed by atoms with Crippen molar-refractivity contribution in [2.45, 2.75) is 52.6 Å². The molecule has 1 amide bonds. The fraction of sp³-hybridized carbons (Fsp3) is 0.611. The topological polar surface area (TPSA) is 41.1 Å². The summed E-state index contributed by atoms with van der Waals surface area (Å²) in [6.45, 7) is 9.69. The van der Waals surface area contributed by atoms with Gasteiger partial charge in [0.1, 0.15) is 0 Å². The van der Waals surface area contributed by atoms with Crippen molar-refractivity contribution < 1.29 is 4.79 Å². The van der Waals surface area contributed by atoms with Crippen molar-refractivity contribution in [2.75, 3.05) is 6.54 Å². The van der Waals surface area contributed by atoms with Crippen LogP contribution in [-0.2, 0) is 4.79 Å². The molecule has 2 N–H and O–H groups in total. The van der Waals surface area contributed by atoms with Gasteiger partial charge in [0.2, 0.25) is 5.91 Å². The quantitative estimate of drug-likeness (QED) is 0.892. The van der Waals surface area contributed by atoms with Crippen molar-refractivity contribution in [2.24, 2.45) is 11.3 Å². The lowest BCUT2D eigenvalue weighted by Gasteiger charge is -2.28. The third-order valence-electron chi connectivity index (χ3n) is 4.20. The first-order valence-corrected chi connectivity index (χ1v) is 7.95. The SMILES string of the molecule is CC1NCCC1C(=O)NC(CC(C)(C)C)c1ccccc1. The number of amides is 1. The maximum Gasteiger partial charge on any atom is 0.225 e. The number of hydrogen-bond acceptors (Lipinski definition) is 2. The van der Waals surface area contributed by atoms with Crippen LogP contribution in [0.25, 0.3) is 0 Å². The van der Waals surface area contributed by atoms with Crippen molar-refractivity contribution in [1.82, 2.24) is 10.6 Å². The molecule has 2 rings (SSSR count). The van der Waals surface area contributed by atoms with Crippen molar-refractivity contribution in [3.63, 3.8) is 0 Å². The predicted octanol–water partition coefficient (Wildman–Crippen LogP) is 3.28. The molecule has 1 aliphatic heterocycles. The van der Waals surface area contributed by atoms with E-state index in [0.29, 0.717) is 0 Å². The normalized spacial score (nSPS) is 23.8. The number of nitrogens with one attached hydrogen (secondary N) is 2. The van der Waals surface area contributed by atoms with Crippen molar-refractivity contribution in [1.29, 1.82) is 0 Å². The molecule has 1 aromatic rings. The number of hydrogen-bond donors (Lipinski definition) is 2. The van der Waals surface area contributed by atoms with Gasteiger partial charge < -0.3 is 10.6 Å². The number of rotatable bonds is 4. The molecule has 1 saturated heterocycles. The van der Waals surface area contributed by atoms with E-state index in [1.165, 1.54) is 5.56 Å². The van der Waals surface area contributed by atoms with E-state index in [4.69, 9.17) is 0 Å². The molecule has 1 fully saturated rings. The molecule has 0 radical (unpaired) electrons. The summed E-state index contributed by atoms with van der Waals surface area (Å²) in [5.41, 5.74) is 1.37. The Morgan fingerprint density at radius 3 is 2.52 bits per heavy atom. The van der Waals surface area contributed by atoms with Crippen molar-refractivity contribution >= 4 is 5.91 Å². The summed E-state index contributed by atoms with van der Waals surface area (Å²) in [4.78, 5) is 12.6. The lowest BCUT2D eigenvalue weighted by atomic mass is 9.85. The van der Waals surface area contributed by atoms with Crippen molar-refractivity contribution in [3.05, 3.63) is 35.9 Å². The van der Waals surface area contributed by atoms with Gasteiger partial charge in [-0.05, 0) is 37.3 Å². The van der Waals surface area contributed by atoms with Gasteiger partial charge in [0.05, 0.1) is 12.0 Å². The summed E-state index contributed by atoms with van der Waals surface area (Å²) < 4.78 is 0. The summed E-state index contributed by atoms with van der Waals surface area (Å²) in [7, 11) is 0. The van der Waals surface area contributed by atoms with Crippen LogP contribution in [0.4, 0.5) is 0 Å². The van der Waals surface area contributed by atoms with E-state index < -0.39 is 0 Å². The van der Waals surface area contributed by atoms with Crippen LogP contribution in [0.2, 0.25) is 0 Å². The second-order valence-corrected chi connectivity index (χ2v) is 7.37. The lowest BCUT2D eigenvalue weighted by molar-refractivity contribution is -0.126. The monoisotopic (exact) mass is 288 g/mol. The zero-order valence-corrected chi connectivity index (χ0v) is 13.6. The molecule has 3 nitrogen and oxygen atoms in total. The van der Waals surface area contributed by atoms with Gasteiger partial charge in [-0.25, -0.2) is 0 Å². The average Bonchev–Trinajstić information content (AvgIpc) is 2.84. The molecule has 21 heavy (non-hydrogen) atoms. The Balaban J connectivity index is 2.10. The number of benzene rings is 1. The molecule has 0 aliphatic carbocycles. The van der Waals surface area contributed by atoms with E-state index in [9.17, 15) is 4.79 Å². The zero-order valence-electron chi connectivity index (χ0n) is 13.6. The van der Waals surface area contributed by atoms with Gasteiger partial charge in [-0.1, -0.05) is 51.1 Å². The Kier molecular flexibility index (Phi) is 5.04. The van der Waals surface area contributed by atoms with Crippen LogP contribution >= 0.6 is 0 Å². The third-order valence-corrected chi connectivity index (χ3v) is 4.20. The average molecular weight is 288 g/mol. The van der Waals surface area contributed by atoms with E-state index >= 15 is 0 Å². The molecule has 3 atom stereocenters. The van der Waals surface area contributed by atoms with Crippen LogP contribution in [0.15, 0.2) is 30.3 Å². The van der Waals surface area contributed by atoms with E-state index in [2.05, 4.69) is 50.5 Å². The molecule has 1 aliphatic rings.